The lowest BCUT2D eigenvalue weighted by Crippen LogP contribution is -2.48. The molecule has 0 radical (unpaired) electrons. The van der Waals surface area contributed by atoms with Crippen molar-refractivity contribution in [3.63, 3.8) is 0 Å². The highest BCUT2D eigenvalue weighted by atomic mass is 32.2. The zero-order valence-electron chi connectivity index (χ0n) is 13.1. The number of hydrogen-bond acceptors (Lipinski definition) is 6. The van der Waals surface area contributed by atoms with E-state index in [9.17, 15) is 13.2 Å². The van der Waals surface area contributed by atoms with Gasteiger partial charge in [0.2, 0.25) is 10.0 Å². The largest absolute Gasteiger partial charge is 0.458 e. The molecule has 1 saturated heterocycles. The first-order chi connectivity index (χ1) is 10.8. The number of esters is 1. The first kappa shape index (κ1) is 17.3. The molecule has 8 heteroatoms. The van der Waals surface area contributed by atoms with Crippen LogP contribution in [0.15, 0.2) is 30.9 Å². The maximum atomic E-state index is 12.2. The Hall–Kier alpha value is -2.06. The van der Waals surface area contributed by atoms with E-state index in [2.05, 4.69) is 6.58 Å². The molecule has 0 aliphatic carbocycles. The third-order valence-electron chi connectivity index (χ3n) is 3.62. The van der Waals surface area contributed by atoms with Crippen LogP contribution in [0.4, 0.5) is 11.4 Å². The number of anilines is 2. The van der Waals surface area contributed by atoms with Gasteiger partial charge in [0.25, 0.3) is 0 Å². The topological polar surface area (TPSA) is 92.9 Å². The van der Waals surface area contributed by atoms with E-state index in [1.54, 1.807) is 18.2 Å². The van der Waals surface area contributed by atoms with Crippen LogP contribution in [-0.4, -0.2) is 57.7 Å². The molecule has 0 atom stereocenters. The van der Waals surface area contributed by atoms with Crippen molar-refractivity contribution in [1.82, 2.24) is 4.31 Å². The number of piperazine rings is 1. The van der Waals surface area contributed by atoms with Crippen molar-refractivity contribution in [3.8, 4) is 0 Å². The second-order valence-corrected chi connectivity index (χ2v) is 7.30. The summed E-state index contributed by atoms with van der Waals surface area (Å²) in [7, 11) is -3.19. The Bertz CT molecular complexity index is 695. The van der Waals surface area contributed by atoms with Crippen molar-refractivity contribution in [2.45, 2.75) is 0 Å². The number of nitrogens with zero attached hydrogens (tertiary/aromatic N) is 2. The molecule has 1 fully saturated rings. The SMILES string of the molecule is C=CCOC(=O)c1cc(N)ccc1N1CCN(S(C)(=O)=O)CC1. The second-order valence-electron chi connectivity index (χ2n) is 5.31. The summed E-state index contributed by atoms with van der Waals surface area (Å²) in [6, 6.07) is 5.04. The zero-order chi connectivity index (χ0) is 17.0. The van der Waals surface area contributed by atoms with Crippen molar-refractivity contribution in [1.29, 1.82) is 0 Å². The molecule has 0 saturated carbocycles. The maximum absolute atomic E-state index is 12.2. The van der Waals surface area contributed by atoms with Crippen LogP contribution in [0.25, 0.3) is 0 Å². The average Bonchev–Trinajstić information content (AvgIpc) is 2.52. The number of carbonyl (C=O) groups is 1. The van der Waals surface area contributed by atoms with Gasteiger partial charge in [0, 0.05) is 31.9 Å². The fraction of sp³-hybridized carbons (Fsp3) is 0.400. The molecule has 2 rings (SSSR count). The van der Waals surface area contributed by atoms with Crippen LogP contribution in [0.3, 0.4) is 0 Å². The molecular formula is C15H21N3O4S. The summed E-state index contributed by atoms with van der Waals surface area (Å²) in [5, 5.41) is 0. The highest BCUT2D eigenvalue weighted by Gasteiger charge is 2.26. The van der Waals surface area contributed by atoms with E-state index >= 15 is 0 Å². The van der Waals surface area contributed by atoms with Gasteiger partial charge in [-0.3, -0.25) is 0 Å². The van der Waals surface area contributed by atoms with Crippen molar-refractivity contribution < 1.29 is 17.9 Å². The van der Waals surface area contributed by atoms with E-state index in [-0.39, 0.29) is 6.61 Å². The lowest BCUT2D eigenvalue weighted by atomic mass is 10.1. The number of rotatable bonds is 5. The molecule has 0 bridgehead atoms. The Morgan fingerprint density at radius 1 is 1.35 bits per heavy atom. The molecule has 0 amide bonds. The van der Waals surface area contributed by atoms with Crippen LogP contribution in [-0.2, 0) is 14.8 Å². The van der Waals surface area contributed by atoms with Crippen molar-refractivity contribution >= 4 is 27.4 Å². The summed E-state index contributed by atoms with van der Waals surface area (Å²) in [6.07, 6.45) is 2.69. The van der Waals surface area contributed by atoms with Crippen LogP contribution in [0.2, 0.25) is 0 Å². The summed E-state index contributed by atoms with van der Waals surface area (Å²) in [5.74, 6) is -0.474. The monoisotopic (exact) mass is 339 g/mol. The summed E-state index contributed by atoms with van der Waals surface area (Å²) in [6.45, 7) is 5.39. The van der Waals surface area contributed by atoms with Gasteiger partial charge in [0.15, 0.2) is 0 Å². The summed E-state index contributed by atoms with van der Waals surface area (Å²) >= 11 is 0. The van der Waals surface area contributed by atoms with E-state index in [1.807, 2.05) is 4.90 Å². The van der Waals surface area contributed by atoms with Gasteiger partial charge in [-0.15, -0.1) is 0 Å². The fourth-order valence-corrected chi connectivity index (χ4v) is 3.29. The first-order valence-electron chi connectivity index (χ1n) is 7.20. The minimum Gasteiger partial charge on any atom is -0.458 e. The van der Waals surface area contributed by atoms with Gasteiger partial charge in [-0.1, -0.05) is 12.7 Å². The third-order valence-corrected chi connectivity index (χ3v) is 4.92. The van der Waals surface area contributed by atoms with Gasteiger partial charge in [-0.05, 0) is 18.2 Å². The predicted molar refractivity (Wildman–Crippen MR) is 90.0 cm³/mol. The molecule has 1 aromatic rings. The highest BCUT2D eigenvalue weighted by Crippen LogP contribution is 2.25. The van der Waals surface area contributed by atoms with Crippen molar-refractivity contribution in [2.75, 3.05) is 49.7 Å². The fourth-order valence-electron chi connectivity index (χ4n) is 2.47. The van der Waals surface area contributed by atoms with Gasteiger partial charge in [0.05, 0.1) is 17.5 Å². The lowest BCUT2D eigenvalue weighted by Gasteiger charge is -2.35. The number of ether oxygens (including phenoxy) is 1. The van der Waals surface area contributed by atoms with Crippen LogP contribution in [0.1, 0.15) is 10.4 Å². The zero-order valence-corrected chi connectivity index (χ0v) is 13.9. The Balaban J connectivity index is 2.20. The quantitative estimate of drug-likeness (QED) is 0.482. The number of nitrogens with two attached hydrogens (primary N) is 1. The molecule has 1 heterocycles. The highest BCUT2D eigenvalue weighted by molar-refractivity contribution is 7.88. The molecule has 126 valence electrons. The molecule has 0 spiro atoms. The van der Waals surface area contributed by atoms with E-state index in [0.29, 0.717) is 43.1 Å². The van der Waals surface area contributed by atoms with Gasteiger partial charge in [-0.25, -0.2) is 13.2 Å². The standard InChI is InChI=1S/C15H21N3O4S/c1-3-10-22-15(19)13-11-12(16)4-5-14(13)17-6-8-18(9-7-17)23(2,20)21/h3-5,11H,1,6-10,16H2,2H3. The molecule has 1 aliphatic heterocycles. The van der Waals surface area contributed by atoms with Crippen LogP contribution in [0.5, 0.6) is 0 Å². The molecule has 1 aliphatic rings. The van der Waals surface area contributed by atoms with E-state index < -0.39 is 16.0 Å². The summed E-state index contributed by atoms with van der Waals surface area (Å²) < 4.78 is 29.7. The number of carbonyl (C=O) groups excluding carboxylic acids is 1. The second kappa shape index (κ2) is 7.01. The molecule has 2 N–H and O–H groups in total. The molecule has 0 unspecified atom stereocenters. The number of hydrogen-bond donors (Lipinski definition) is 1. The minimum atomic E-state index is -3.19. The van der Waals surface area contributed by atoms with Crippen LogP contribution in [0, 0.1) is 0 Å². The maximum Gasteiger partial charge on any atom is 0.340 e. The van der Waals surface area contributed by atoms with Crippen LogP contribution >= 0.6 is 0 Å². The number of sulfonamides is 1. The van der Waals surface area contributed by atoms with Crippen LogP contribution < -0.4 is 10.6 Å². The molecule has 1 aromatic carbocycles. The molecule has 7 nitrogen and oxygen atoms in total. The lowest BCUT2D eigenvalue weighted by molar-refractivity contribution is 0.0550. The Morgan fingerprint density at radius 2 is 2.00 bits per heavy atom. The Labute approximate surface area is 136 Å². The predicted octanol–water partition coefficient (Wildman–Crippen LogP) is 0.693. The molecule has 23 heavy (non-hydrogen) atoms. The van der Waals surface area contributed by atoms with E-state index in [1.165, 1.54) is 16.6 Å². The number of benzene rings is 1. The smallest absolute Gasteiger partial charge is 0.340 e. The van der Waals surface area contributed by atoms with Gasteiger partial charge < -0.3 is 15.4 Å². The van der Waals surface area contributed by atoms with Gasteiger partial charge in [-0.2, -0.15) is 4.31 Å². The van der Waals surface area contributed by atoms with Gasteiger partial charge in [0.1, 0.15) is 6.61 Å². The van der Waals surface area contributed by atoms with Crippen molar-refractivity contribution in [2.24, 2.45) is 0 Å². The first-order valence-corrected chi connectivity index (χ1v) is 9.05. The normalized spacial score (nSPS) is 16.1. The van der Waals surface area contributed by atoms with E-state index in [0.717, 1.165) is 0 Å². The van der Waals surface area contributed by atoms with Crippen molar-refractivity contribution in [3.05, 3.63) is 36.4 Å². The summed E-state index contributed by atoms with van der Waals surface area (Å²) in [4.78, 5) is 14.1. The Kier molecular flexibility index (Phi) is 5.27. The molecular weight excluding hydrogens is 318 g/mol. The minimum absolute atomic E-state index is 0.120. The summed E-state index contributed by atoms with van der Waals surface area (Å²) in [5.41, 5.74) is 7.31. The Morgan fingerprint density at radius 3 is 2.57 bits per heavy atom. The third kappa shape index (κ3) is 4.23. The average molecular weight is 339 g/mol. The van der Waals surface area contributed by atoms with E-state index in [4.69, 9.17) is 10.5 Å². The molecule has 0 aromatic heterocycles. The van der Waals surface area contributed by atoms with Gasteiger partial charge >= 0.3 is 5.97 Å². The number of nitrogen functional groups attached to an aromatic ring is 1.